The van der Waals surface area contributed by atoms with Gasteiger partial charge < -0.3 is 18.8 Å². The van der Waals surface area contributed by atoms with Crippen molar-refractivity contribution in [2.45, 2.75) is 29.1 Å². The Bertz CT molecular complexity index is 1510. The first-order chi connectivity index (χ1) is 18.5. The molecule has 0 aliphatic heterocycles. The van der Waals surface area contributed by atoms with Gasteiger partial charge in [-0.2, -0.15) is 21.6 Å². The number of halogens is 3. The monoisotopic (exact) mass is 576 g/mol. The van der Waals surface area contributed by atoms with E-state index in [1.165, 1.54) is 23.3 Å². The van der Waals surface area contributed by atoms with Gasteiger partial charge in [0.2, 0.25) is 0 Å². The van der Waals surface area contributed by atoms with E-state index in [1.807, 2.05) is 18.4 Å². The standard InChI is InChI=1S/C27H23F3N2O5S2/c1-38-24-13-9-21(10-14-24)31-26(33)32(18-23-5-3-15-36-23)17-19-7-11-22(12-8-19)37-39(34,35)25-6-2-4-20(16-25)27(28,29)30/h2-16H,17-18H2,1H3,(H,31,33). The van der Waals surface area contributed by atoms with Crippen LogP contribution in [0.1, 0.15) is 16.9 Å². The fraction of sp³-hybridized carbons (Fsp3) is 0.148. The molecular weight excluding hydrogens is 553 g/mol. The van der Waals surface area contributed by atoms with Crippen molar-refractivity contribution in [3.8, 4) is 5.75 Å². The van der Waals surface area contributed by atoms with Crippen molar-refractivity contribution < 1.29 is 35.0 Å². The molecule has 0 saturated carbocycles. The number of carbonyl (C=O) groups excluding carboxylic acids is 1. The average molecular weight is 577 g/mol. The molecule has 0 saturated heterocycles. The van der Waals surface area contributed by atoms with E-state index < -0.39 is 26.8 Å². The van der Waals surface area contributed by atoms with Crippen LogP contribution < -0.4 is 9.50 Å². The van der Waals surface area contributed by atoms with E-state index in [0.717, 1.165) is 23.1 Å². The predicted molar refractivity (Wildman–Crippen MR) is 141 cm³/mol. The quantitative estimate of drug-likeness (QED) is 0.170. The van der Waals surface area contributed by atoms with Crippen molar-refractivity contribution in [1.29, 1.82) is 0 Å². The van der Waals surface area contributed by atoms with E-state index in [1.54, 1.807) is 48.2 Å². The number of hydrogen-bond donors (Lipinski definition) is 1. The highest BCUT2D eigenvalue weighted by atomic mass is 32.2. The zero-order valence-electron chi connectivity index (χ0n) is 20.5. The second-order valence-corrected chi connectivity index (χ2v) is 10.7. The number of carbonyl (C=O) groups is 1. The number of alkyl halides is 3. The van der Waals surface area contributed by atoms with Gasteiger partial charge in [-0.1, -0.05) is 18.2 Å². The molecule has 0 aliphatic rings. The van der Waals surface area contributed by atoms with Gasteiger partial charge in [0, 0.05) is 17.1 Å². The third-order valence-electron chi connectivity index (χ3n) is 5.51. The molecule has 0 radical (unpaired) electrons. The molecule has 1 heterocycles. The number of nitrogens with one attached hydrogen (secondary N) is 1. The average Bonchev–Trinajstić information content (AvgIpc) is 3.42. The minimum absolute atomic E-state index is 0.0907. The molecule has 1 aromatic heterocycles. The van der Waals surface area contributed by atoms with Crippen molar-refractivity contribution in [2.24, 2.45) is 0 Å². The number of hydrogen-bond acceptors (Lipinski definition) is 6. The lowest BCUT2D eigenvalue weighted by molar-refractivity contribution is -0.137. The van der Waals surface area contributed by atoms with Gasteiger partial charge >= 0.3 is 22.3 Å². The van der Waals surface area contributed by atoms with E-state index in [-0.39, 0.29) is 24.9 Å². The number of thioether (sulfide) groups is 1. The number of rotatable bonds is 9. The SMILES string of the molecule is CSc1ccc(NC(=O)N(Cc2ccc(OS(=O)(=O)c3cccc(C(F)(F)F)c3)cc2)Cc2ccco2)cc1. The van der Waals surface area contributed by atoms with Crippen LogP contribution in [0, 0.1) is 0 Å². The first kappa shape index (κ1) is 28.1. The van der Waals surface area contributed by atoms with Gasteiger partial charge in [0.15, 0.2) is 0 Å². The summed E-state index contributed by atoms with van der Waals surface area (Å²) < 4.78 is 74.5. The largest absolute Gasteiger partial charge is 0.467 e. The normalized spacial score (nSPS) is 11.7. The second kappa shape index (κ2) is 11.9. The summed E-state index contributed by atoms with van der Waals surface area (Å²) in [7, 11) is -4.51. The van der Waals surface area contributed by atoms with E-state index in [0.29, 0.717) is 23.1 Å². The lowest BCUT2D eigenvalue weighted by atomic mass is 10.2. The van der Waals surface area contributed by atoms with Gasteiger partial charge in [-0.3, -0.25) is 0 Å². The Morgan fingerprint density at radius 1 is 0.974 bits per heavy atom. The maximum atomic E-state index is 13.1. The Morgan fingerprint density at radius 3 is 2.31 bits per heavy atom. The first-order valence-electron chi connectivity index (χ1n) is 11.5. The predicted octanol–water partition coefficient (Wildman–Crippen LogP) is 7.02. The van der Waals surface area contributed by atoms with Crippen LogP contribution in [0.5, 0.6) is 5.75 Å². The number of furan rings is 1. The van der Waals surface area contributed by atoms with Gasteiger partial charge in [0.1, 0.15) is 16.4 Å². The zero-order valence-corrected chi connectivity index (χ0v) is 22.1. The minimum Gasteiger partial charge on any atom is -0.467 e. The van der Waals surface area contributed by atoms with Crippen LogP contribution in [0.25, 0.3) is 0 Å². The number of anilines is 1. The number of amides is 2. The highest BCUT2D eigenvalue weighted by molar-refractivity contribution is 7.98. The molecule has 7 nitrogen and oxygen atoms in total. The summed E-state index contributed by atoms with van der Waals surface area (Å²) in [6.45, 7) is 0.319. The van der Waals surface area contributed by atoms with Crippen LogP contribution in [0.3, 0.4) is 0 Å². The maximum Gasteiger partial charge on any atom is 0.416 e. The molecule has 0 fully saturated rings. The fourth-order valence-corrected chi connectivity index (χ4v) is 4.93. The Morgan fingerprint density at radius 2 is 1.69 bits per heavy atom. The molecule has 1 N–H and O–H groups in total. The summed E-state index contributed by atoms with van der Waals surface area (Å²) in [5.74, 6) is 0.474. The molecule has 4 aromatic rings. The molecule has 4 rings (SSSR count). The molecule has 0 unspecified atom stereocenters. The number of benzene rings is 3. The van der Waals surface area contributed by atoms with Crippen molar-refractivity contribution in [1.82, 2.24) is 4.90 Å². The number of nitrogens with zero attached hydrogens (tertiary/aromatic N) is 1. The van der Waals surface area contributed by atoms with Crippen molar-refractivity contribution in [3.63, 3.8) is 0 Å². The fourth-order valence-electron chi connectivity index (χ4n) is 3.54. The molecule has 0 aliphatic carbocycles. The minimum atomic E-state index is -4.70. The van der Waals surface area contributed by atoms with Crippen molar-refractivity contribution in [2.75, 3.05) is 11.6 Å². The molecule has 2 amide bonds. The molecule has 0 spiro atoms. The lowest BCUT2D eigenvalue weighted by Crippen LogP contribution is -2.34. The van der Waals surface area contributed by atoms with E-state index in [4.69, 9.17) is 8.60 Å². The zero-order chi connectivity index (χ0) is 28.0. The van der Waals surface area contributed by atoms with Crippen LogP contribution >= 0.6 is 11.8 Å². The van der Waals surface area contributed by atoms with E-state index in [2.05, 4.69) is 5.32 Å². The lowest BCUT2D eigenvalue weighted by Gasteiger charge is -2.22. The maximum absolute atomic E-state index is 13.1. The van der Waals surface area contributed by atoms with Crippen LogP contribution in [-0.4, -0.2) is 25.6 Å². The van der Waals surface area contributed by atoms with E-state index in [9.17, 15) is 26.4 Å². The van der Waals surface area contributed by atoms with Gasteiger partial charge in [0.25, 0.3) is 0 Å². The molecule has 3 aromatic carbocycles. The van der Waals surface area contributed by atoms with Gasteiger partial charge in [-0.15, -0.1) is 11.8 Å². The number of urea groups is 1. The molecular formula is C27H23F3N2O5S2. The summed E-state index contributed by atoms with van der Waals surface area (Å²) >= 11 is 1.58. The van der Waals surface area contributed by atoms with Crippen LogP contribution in [0.4, 0.5) is 23.7 Å². The van der Waals surface area contributed by atoms with Gasteiger partial charge in [0.05, 0.1) is 18.4 Å². The van der Waals surface area contributed by atoms with Crippen LogP contribution in [0.15, 0.2) is 105 Å². The Kier molecular flexibility index (Phi) is 8.56. The summed E-state index contributed by atoms with van der Waals surface area (Å²) in [6.07, 6.45) is -1.24. The Balaban J connectivity index is 1.47. The highest BCUT2D eigenvalue weighted by Gasteiger charge is 2.32. The van der Waals surface area contributed by atoms with Crippen LogP contribution in [0.2, 0.25) is 0 Å². The first-order valence-corrected chi connectivity index (χ1v) is 14.1. The third kappa shape index (κ3) is 7.58. The topological polar surface area (TPSA) is 88.9 Å². The highest BCUT2D eigenvalue weighted by Crippen LogP contribution is 2.31. The summed E-state index contributed by atoms with van der Waals surface area (Å²) in [4.78, 5) is 15.0. The smallest absolute Gasteiger partial charge is 0.416 e. The second-order valence-electron chi connectivity index (χ2n) is 8.30. The van der Waals surface area contributed by atoms with Crippen molar-refractivity contribution in [3.05, 3.63) is 108 Å². The summed E-state index contributed by atoms with van der Waals surface area (Å²) in [5.41, 5.74) is 0.168. The summed E-state index contributed by atoms with van der Waals surface area (Å²) in [6, 6.07) is 19.6. The third-order valence-corrected chi connectivity index (χ3v) is 7.49. The molecule has 39 heavy (non-hydrogen) atoms. The van der Waals surface area contributed by atoms with E-state index >= 15 is 0 Å². The summed E-state index contributed by atoms with van der Waals surface area (Å²) in [5, 5.41) is 2.85. The van der Waals surface area contributed by atoms with Crippen molar-refractivity contribution >= 4 is 33.6 Å². The van der Waals surface area contributed by atoms with Gasteiger partial charge in [-0.05, 0) is 78.5 Å². The Labute approximate surface area is 227 Å². The van der Waals surface area contributed by atoms with Gasteiger partial charge in [-0.25, -0.2) is 4.79 Å². The van der Waals surface area contributed by atoms with Crippen LogP contribution in [-0.2, 0) is 29.4 Å². The molecule has 204 valence electrons. The molecule has 0 bridgehead atoms. The molecule has 0 atom stereocenters. The Hall–Kier alpha value is -3.90. The molecule has 12 heteroatoms.